The summed E-state index contributed by atoms with van der Waals surface area (Å²) in [5.41, 5.74) is 8.16. The predicted octanol–water partition coefficient (Wildman–Crippen LogP) is 4.01. The highest BCUT2D eigenvalue weighted by atomic mass is 35.5. The number of aryl methyl sites for hydroxylation is 1. The van der Waals surface area contributed by atoms with Gasteiger partial charge in [-0.3, -0.25) is 0 Å². The quantitative estimate of drug-likeness (QED) is 0.886. The van der Waals surface area contributed by atoms with Crippen molar-refractivity contribution in [1.82, 2.24) is 0 Å². The molecule has 1 aliphatic carbocycles. The average Bonchev–Trinajstić information content (AvgIpc) is 2.41. The zero-order valence-electron chi connectivity index (χ0n) is 11.3. The summed E-state index contributed by atoms with van der Waals surface area (Å²) in [5.74, 6) is 0.342. The van der Waals surface area contributed by atoms with Gasteiger partial charge in [-0.15, -0.1) is 12.4 Å². The zero-order chi connectivity index (χ0) is 13.1. The lowest BCUT2D eigenvalue weighted by molar-refractivity contribution is 0.0618. The van der Waals surface area contributed by atoms with E-state index < -0.39 is 6.10 Å². The van der Waals surface area contributed by atoms with Gasteiger partial charge in [0.2, 0.25) is 0 Å². The monoisotopic (exact) mass is 303 g/mol. The number of rotatable bonds is 3. The van der Waals surface area contributed by atoms with Crippen molar-refractivity contribution < 1.29 is 5.11 Å². The van der Waals surface area contributed by atoms with Crippen LogP contribution in [0.25, 0.3) is 0 Å². The van der Waals surface area contributed by atoms with E-state index >= 15 is 0 Å². The Morgan fingerprint density at radius 3 is 2.47 bits per heavy atom. The molecule has 2 nitrogen and oxygen atoms in total. The number of aliphatic hydroxyl groups is 1. The molecule has 0 aromatic heterocycles. The molecule has 0 bridgehead atoms. The number of hydrogen-bond acceptors (Lipinski definition) is 2. The Bertz CT molecular complexity index is 405. The van der Waals surface area contributed by atoms with Crippen LogP contribution in [0.3, 0.4) is 0 Å². The minimum atomic E-state index is -0.455. The van der Waals surface area contributed by atoms with Crippen molar-refractivity contribution in [3.8, 4) is 0 Å². The first-order valence-electron chi connectivity index (χ1n) is 6.79. The maximum atomic E-state index is 10.4. The Kier molecular flexibility index (Phi) is 6.61. The first kappa shape index (κ1) is 16.8. The smallest absolute Gasteiger partial charge is 0.0760 e. The largest absolute Gasteiger partial charge is 0.391 e. The fourth-order valence-electron chi connectivity index (χ4n) is 2.78. The predicted molar refractivity (Wildman–Crippen MR) is 82.9 cm³/mol. The molecule has 0 saturated heterocycles. The van der Waals surface area contributed by atoms with Gasteiger partial charge in [-0.1, -0.05) is 43.0 Å². The second-order valence-corrected chi connectivity index (χ2v) is 5.83. The highest BCUT2D eigenvalue weighted by molar-refractivity contribution is 6.31. The SMILES string of the molecule is Cc1ccc([C@H](N)[C@H](O)C2CCCCC2)cc1Cl.Cl. The Labute approximate surface area is 126 Å². The van der Waals surface area contributed by atoms with Gasteiger partial charge in [0.1, 0.15) is 0 Å². The molecule has 2 atom stereocenters. The normalized spacial score (nSPS) is 19.6. The number of aliphatic hydroxyl groups excluding tert-OH is 1. The molecule has 1 fully saturated rings. The van der Waals surface area contributed by atoms with Crippen LogP contribution in [0.2, 0.25) is 5.02 Å². The van der Waals surface area contributed by atoms with Gasteiger partial charge in [-0.05, 0) is 42.9 Å². The molecule has 1 aromatic carbocycles. The van der Waals surface area contributed by atoms with E-state index in [4.69, 9.17) is 17.3 Å². The van der Waals surface area contributed by atoms with E-state index in [9.17, 15) is 5.11 Å². The van der Waals surface area contributed by atoms with E-state index in [0.717, 1.165) is 29.0 Å². The summed E-state index contributed by atoms with van der Waals surface area (Å²) in [7, 11) is 0. The lowest BCUT2D eigenvalue weighted by atomic mass is 9.81. The van der Waals surface area contributed by atoms with Crippen molar-refractivity contribution >= 4 is 24.0 Å². The first-order chi connectivity index (χ1) is 8.59. The summed E-state index contributed by atoms with van der Waals surface area (Å²) in [6, 6.07) is 5.49. The molecule has 0 heterocycles. The van der Waals surface area contributed by atoms with Crippen molar-refractivity contribution in [3.05, 3.63) is 34.3 Å². The van der Waals surface area contributed by atoms with Crippen LogP contribution >= 0.6 is 24.0 Å². The van der Waals surface area contributed by atoms with E-state index in [2.05, 4.69) is 0 Å². The number of hydrogen-bond donors (Lipinski definition) is 2. The number of benzene rings is 1. The van der Waals surface area contributed by atoms with Crippen molar-refractivity contribution in [2.24, 2.45) is 11.7 Å². The topological polar surface area (TPSA) is 46.2 Å². The summed E-state index contributed by atoms with van der Waals surface area (Å²) in [6.07, 6.45) is 5.44. The van der Waals surface area contributed by atoms with E-state index in [1.54, 1.807) is 0 Å². The molecular formula is C15H23Cl2NO. The van der Waals surface area contributed by atoms with Gasteiger partial charge in [-0.2, -0.15) is 0 Å². The van der Waals surface area contributed by atoms with Gasteiger partial charge in [0.05, 0.1) is 12.1 Å². The molecule has 0 aliphatic heterocycles. The molecule has 0 radical (unpaired) electrons. The Hall–Kier alpha value is -0.280. The maximum Gasteiger partial charge on any atom is 0.0760 e. The number of halogens is 2. The second kappa shape index (κ2) is 7.49. The van der Waals surface area contributed by atoms with E-state index in [-0.39, 0.29) is 18.4 Å². The Morgan fingerprint density at radius 1 is 1.26 bits per heavy atom. The average molecular weight is 304 g/mol. The summed E-state index contributed by atoms with van der Waals surface area (Å²) >= 11 is 6.11. The summed E-state index contributed by atoms with van der Waals surface area (Å²) in [6.45, 7) is 1.97. The third-order valence-electron chi connectivity index (χ3n) is 4.08. The molecular weight excluding hydrogens is 281 g/mol. The molecule has 4 heteroatoms. The van der Waals surface area contributed by atoms with E-state index in [1.165, 1.54) is 19.3 Å². The maximum absolute atomic E-state index is 10.4. The molecule has 0 spiro atoms. The summed E-state index contributed by atoms with van der Waals surface area (Å²) in [5, 5.41) is 11.1. The van der Waals surface area contributed by atoms with Crippen LogP contribution in [0.1, 0.15) is 49.3 Å². The van der Waals surface area contributed by atoms with Crippen LogP contribution in [0, 0.1) is 12.8 Å². The minimum Gasteiger partial charge on any atom is -0.391 e. The van der Waals surface area contributed by atoms with Gasteiger partial charge < -0.3 is 10.8 Å². The van der Waals surface area contributed by atoms with Crippen molar-refractivity contribution in [1.29, 1.82) is 0 Å². The molecule has 0 amide bonds. The van der Waals surface area contributed by atoms with E-state index in [0.29, 0.717) is 5.92 Å². The standard InChI is InChI=1S/C15H22ClNO.ClH/c1-10-7-8-12(9-13(10)16)14(17)15(18)11-5-3-2-4-6-11;/h7-9,11,14-15,18H,2-6,17H2,1H3;1H/t14-,15+;/m0./s1. The molecule has 19 heavy (non-hydrogen) atoms. The van der Waals surface area contributed by atoms with Crippen LogP contribution in [0.4, 0.5) is 0 Å². The van der Waals surface area contributed by atoms with Crippen molar-refractivity contribution in [3.63, 3.8) is 0 Å². The lowest BCUT2D eigenvalue weighted by Gasteiger charge is -2.30. The highest BCUT2D eigenvalue weighted by Gasteiger charge is 2.27. The van der Waals surface area contributed by atoms with Crippen LogP contribution in [0.15, 0.2) is 18.2 Å². The molecule has 1 aromatic rings. The Balaban J connectivity index is 0.00000180. The summed E-state index contributed by atoms with van der Waals surface area (Å²) < 4.78 is 0. The van der Waals surface area contributed by atoms with Gasteiger partial charge in [-0.25, -0.2) is 0 Å². The van der Waals surface area contributed by atoms with E-state index in [1.807, 2.05) is 25.1 Å². The van der Waals surface area contributed by atoms with Gasteiger partial charge >= 0.3 is 0 Å². The third kappa shape index (κ3) is 4.09. The summed E-state index contributed by atoms with van der Waals surface area (Å²) in [4.78, 5) is 0. The molecule has 108 valence electrons. The van der Waals surface area contributed by atoms with Crippen LogP contribution in [-0.2, 0) is 0 Å². The molecule has 1 saturated carbocycles. The van der Waals surface area contributed by atoms with Crippen LogP contribution in [0.5, 0.6) is 0 Å². The van der Waals surface area contributed by atoms with Gasteiger partial charge in [0.25, 0.3) is 0 Å². The minimum absolute atomic E-state index is 0. The fourth-order valence-corrected chi connectivity index (χ4v) is 2.97. The third-order valence-corrected chi connectivity index (χ3v) is 4.49. The molecule has 0 unspecified atom stereocenters. The molecule has 3 N–H and O–H groups in total. The lowest BCUT2D eigenvalue weighted by Crippen LogP contribution is -2.34. The molecule has 1 aliphatic rings. The first-order valence-corrected chi connectivity index (χ1v) is 7.17. The van der Waals surface area contributed by atoms with Crippen LogP contribution < -0.4 is 5.73 Å². The number of nitrogens with two attached hydrogens (primary N) is 1. The van der Waals surface area contributed by atoms with Gasteiger partial charge in [0.15, 0.2) is 0 Å². The zero-order valence-corrected chi connectivity index (χ0v) is 12.9. The van der Waals surface area contributed by atoms with Crippen molar-refractivity contribution in [2.45, 2.75) is 51.2 Å². The van der Waals surface area contributed by atoms with Gasteiger partial charge in [0, 0.05) is 5.02 Å². The highest BCUT2D eigenvalue weighted by Crippen LogP contribution is 2.32. The van der Waals surface area contributed by atoms with Crippen molar-refractivity contribution in [2.75, 3.05) is 0 Å². The molecule has 2 rings (SSSR count). The van der Waals surface area contributed by atoms with Crippen LogP contribution in [-0.4, -0.2) is 11.2 Å². The fraction of sp³-hybridized carbons (Fsp3) is 0.600. The second-order valence-electron chi connectivity index (χ2n) is 5.42. The Morgan fingerprint density at radius 2 is 1.89 bits per heavy atom.